The van der Waals surface area contributed by atoms with Gasteiger partial charge in [0.05, 0.1) is 5.92 Å². The largest absolute Gasteiger partial charge is 0.481 e. The van der Waals surface area contributed by atoms with Gasteiger partial charge in [-0.25, -0.2) is 0 Å². The third-order valence-electron chi connectivity index (χ3n) is 2.95. The molecule has 0 spiro atoms. The number of carboxylic acid groups (broad SMARTS) is 1. The Hall–Kier alpha value is -0.0365. The van der Waals surface area contributed by atoms with E-state index in [1.165, 1.54) is 32.1 Å². The molecule has 0 heterocycles. The SMILES string of the molecule is C1CCCC1.O=C(O)C1CCCC1.[Ni]. The summed E-state index contributed by atoms with van der Waals surface area (Å²) in [5.74, 6) is -0.627. The first-order chi connectivity index (χ1) is 6.30. The molecule has 0 saturated heterocycles. The molecule has 1 N–H and O–H groups in total. The first kappa shape index (κ1) is 14.0. The van der Waals surface area contributed by atoms with Gasteiger partial charge in [0.15, 0.2) is 0 Å². The molecule has 2 aliphatic rings. The molecule has 3 heteroatoms. The molecule has 14 heavy (non-hydrogen) atoms. The van der Waals surface area contributed by atoms with Crippen LogP contribution >= 0.6 is 0 Å². The second-order valence-corrected chi connectivity index (χ2v) is 4.09. The Morgan fingerprint density at radius 3 is 1.43 bits per heavy atom. The summed E-state index contributed by atoms with van der Waals surface area (Å²) in [6.45, 7) is 0. The molecule has 0 bridgehead atoms. The molecular formula is C11H20NiO2. The average Bonchev–Trinajstić information content (AvgIpc) is 2.82. The zero-order valence-electron chi connectivity index (χ0n) is 8.61. The molecule has 0 aromatic heterocycles. The minimum atomic E-state index is -0.609. The van der Waals surface area contributed by atoms with Gasteiger partial charge >= 0.3 is 5.97 Å². The van der Waals surface area contributed by atoms with Crippen molar-refractivity contribution in [2.75, 3.05) is 0 Å². The molecule has 0 atom stereocenters. The molecule has 2 fully saturated rings. The van der Waals surface area contributed by atoms with Gasteiger partial charge in [0.2, 0.25) is 0 Å². The summed E-state index contributed by atoms with van der Waals surface area (Å²) in [6.07, 6.45) is 11.5. The number of rotatable bonds is 1. The fourth-order valence-corrected chi connectivity index (χ4v) is 2.06. The fourth-order valence-electron chi connectivity index (χ4n) is 2.06. The van der Waals surface area contributed by atoms with Crippen molar-refractivity contribution in [2.45, 2.75) is 57.8 Å². The van der Waals surface area contributed by atoms with Crippen LogP contribution in [-0.4, -0.2) is 11.1 Å². The molecule has 0 aromatic rings. The molecule has 2 saturated carbocycles. The molecule has 0 unspecified atom stereocenters. The monoisotopic (exact) mass is 242 g/mol. The van der Waals surface area contributed by atoms with Crippen LogP contribution < -0.4 is 0 Å². The minimum Gasteiger partial charge on any atom is -0.481 e. The molecule has 0 aliphatic heterocycles. The Labute approximate surface area is 96.4 Å². The Balaban J connectivity index is 0.000000246. The summed E-state index contributed by atoms with van der Waals surface area (Å²) in [6, 6.07) is 0. The van der Waals surface area contributed by atoms with Gasteiger partial charge in [-0.1, -0.05) is 44.9 Å². The van der Waals surface area contributed by atoms with Crippen molar-refractivity contribution >= 4 is 5.97 Å². The number of hydrogen-bond donors (Lipinski definition) is 1. The Bertz CT molecular complexity index is 142. The maximum absolute atomic E-state index is 10.2. The van der Waals surface area contributed by atoms with Gasteiger partial charge in [-0.2, -0.15) is 0 Å². The summed E-state index contributed by atoms with van der Waals surface area (Å²) in [4.78, 5) is 10.2. The standard InChI is InChI=1S/C6H10O2.C5H10.Ni/c7-6(8)5-3-1-2-4-5;1-2-4-5-3-1;/h5H,1-4H2,(H,7,8);1-5H2;. The smallest absolute Gasteiger partial charge is 0.306 e. The summed E-state index contributed by atoms with van der Waals surface area (Å²) in [5, 5.41) is 8.41. The summed E-state index contributed by atoms with van der Waals surface area (Å²) < 4.78 is 0. The van der Waals surface area contributed by atoms with Crippen LogP contribution in [0.5, 0.6) is 0 Å². The maximum Gasteiger partial charge on any atom is 0.306 e. The second kappa shape index (κ2) is 8.29. The Kier molecular flexibility index (Phi) is 8.26. The van der Waals surface area contributed by atoms with Crippen LogP contribution in [-0.2, 0) is 21.3 Å². The van der Waals surface area contributed by atoms with E-state index >= 15 is 0 Å². The molecule has 0 amide bonds. The van der Waals surface area contributed by atoms with E-state index in [1.54, 1.807) is 0 Å². The number of aliphatic carboxylic acids is 1. The van der Waals surface area contributed by atoms with Gasteiger partial charge in [0.1, 0.15) is 0 Å². The molecule has 2 nitrogen and oxygen atoms in total. The van der Waals surface area contributed by atoms with Gasteiger partial charge in [0.25, 0.3) is 0 Å². The third-order valence-corrected chi connectivity index (χ3v) is 2.95. The van der Waals surface area contributed by atoms with Gasteiger partial charge in [-0.05, 0) is 12.8 Å². The predicted molar refractivity (Wildman–Crippen MR) is 52.7 cm³/mol. The van der Waals surface area contributed by atoms with Crippen LogP contribution in [0.25, 0.3) is 0 Å². The maximum atomic E-state index is 10.2. The molecule has 86 valence electrons. The van der Waals surface area contributed by atoms with Crippen molar-refractivity contribution in [2.24, 2.45) is 5.92 Å². The van der Waals surface area contributed by atoms with E-state index in [1.807, 2.05) is 0 Å². The fraction of sp³-hybridized carbons (Fsp3) is 0.909. The van der Waals surface area contributed by atoms with Crippen LogP contribution in [0.1, 0.15) is 57.8 Å². The van der Waals surface area contributed by atoms with Crippen molar-refractivity contribution in [3.63, 3.8) is 0 Å². The van der Waals surface area contributed by atoms with E-state index in [0.29, 0.717) is 0 Å². The van der Waals surface area contributed by atoms with Crippen LogP contribution in [0.4, 0.5) is 0 Å². The van der Waals surface area contributed by atoms with E-state index in [-0.39, 0.29) is 22.4 Å². The van der Waals surface area contributed by atoms with Gasteiger partial charge in [0, 0.05) is 16.5 Å². The molecular weight excluding hydrogens is 223 g/mol. The van der Waals surface area contributed by atoms with Gasteiger partial charge in [-0.15, -0.1) is 0 Å². The van der Waals surface area contributed by atoms with Crippen molar-refractivity contribution in [1.82, 2.24) is 0 Å². The minimum absolute atomic E-state index is 0. The van der Waals surface area contributed by atoms with E-state index < -0.39 is 5.97 Å². The molecule has 2 aliphatic carbocycles. The molecule has 0 radical (unpaired) electrons. The summed E-state index contributed by atoms with van der Waals surface area (Å²) >= 11 is 0. The first-order valence-corrected chi connectivity index (χ1v) is 5.53. The van der Waals surface area contributed by atoms with Gasteiger partial charge in [-0.3, -0.25) is 4.79 Å². The topological polar surface area (TPSA) is 37.3 Å². The van der Waals surface area contributed by atoms with Gasteiger partial charge < -0.3 is 5.11 Å². The third kappa shape index (κ3) is 5.64. The first-order valence-electron chi connectivity index (χ1n) is 5.53. The Morgan fingerprint density at radius 2 is 1.21 bits per heavy atom. The van der Waals surface area contributed by atoms with Crippen LogP contribution in [0, 0.1) is 5.92 Å². The second-order valence-electron chi connectivity index (χ2n) is 4.09. The molecule has 0 aromatic carbocycles. The van der Waals surface area contributed by atoms with Crippen molar-refractivity contribution in [3.05, 3.63) is 0 Å². The van der Waals surface area contributed by atoms with E-state index in [4.69, 9.17) is 5.11 Å². The van der Waals surface area contributed by atoms with Crippen molar-refractivity contribution < 1.29 is 26.4 Å². The number of carbonyl (C=O) groups is 1. The van der Waals surface area contributed by atoms with Crippen molar-refractivity contribution in [1.29, 1.82) is 0 Å². The van der Waals surface area contributed by atoms with Crippen molar-refractivity contribution in [3.8, 4) is 0 Å². The number of hydrogen-bond acceptors (Lipinski definition) is 1. The average molecular weight is 243 g/mol. The van der Waals surface area contributed by atoms with Crippen LogP contribution in [0.3, 0.4) is 0 Å². The summed E-state index contributed by atoms with van der Waals surface area (Å²) in [5.41, 5.74) is 0. The number of carboxylic acids is 1. The molecule has 2 rings (SSSR count). The predicted octanol–water partition coefficient (Wildman–Crippen LogP) is 3.21. The van der Waals surface area contributed by atoms with E-state index in [0.717, 1.165) is 25.7 Å². The quantitative estimate of drug-likeness (QED) is 0.718. The summed E-state index contributed by atoms with van der Waals surface area (Å²) in [7, 11) is 0. The Morgan fingerprint density at radius 1 is 0.857 bits per heavy atom. The van der Waals surface area contributed by atoms with Crippen LogP contribution in [0.15, 0.2) is 0 Å². The van der Waals surface area contributed by atoms with E-state index in [2.05, 4.69) is 0 Å². The zero-order chi connectivity index (χ0) is 9.52. The normalized spacial score (nSPS) is 20.9. The zero-order valence-corrected chi connectivity index (χ0v) is 9.60. The van der Waals surface area contributed by atoms with E-state index in [9.17, 15) is 4.79 Å². The van der Waals surface area contributed by atoms with Crippen LogP contribution in [0.2, 0.25) is 0 Å².